The summed E-state index contributed by atoms with van der Waals surface area (Å²) in [5, 5.41) is 3.08. The summed E-state index contributed by atoms with van der Waals surface area (Å²) in [6.45, 7) is 0. The number of halogens is 1. The standard InChI is InChI=1S/C11H10BrN3O/c1-16-10-4-2-9(3-5-10)15-11-13-6-8(12)7-14-11/h2-7H,1H3,(H,13,14,15). The Morgan fingerprint density at radius 3 is 2.31 bits per heavy atom. The molecule has 0 aliphatic rings. The number of nitrogens with zero attached hydrogens (tertiary/aromatic N) is 2. The molecule has 0 unspecified atom stereocenters. The van der Waals surface area contributed by atoms with E-state index in [0.29, 0.717) is 5.95 Å². The van der Waals surface area contributed by atoms with Gasteiger partial charge in [0.15, 0.2) is 0 Å². The van der Waals surface area contributed by atoms with Crippen molar-refractivity contribution >= 4 is 27.6 Å². The quantitative estimate of drug-likeness (QED) is 0.938. The van der Waals surface area contributed by atoms with Gasteiger partial charge in [0.1, 0.15) is 5.75 Å². The lowest BCUT2D eigenvalue weighted by Crippen LogP contribution is -1.95. The van der Waals surface area contributed by atoms with Crippen molar-refractivity contribution in [1.29, 1.82) is 0 Å². The molecule has 0 saturated heterocycles. The maximum absolute atomic E-state index is 5.07. The van der Waals surface area contributed by atoms with Gasteiger partial charge in [0, 0.05) is 18.1 Å². The minimum atomic E-state index is 0.563. The number of hydrogen-bond acceptors (Lipinski definition) is 4. The molecule has 0 aliphatic heterocycles. The number of ether oxygens (including phenoxy) is 1. The van der Waals surface area contributed by atoms with Gasteiger partial charge < -0.3 is 10.1 Å². The molecule has 1 aromatic carbocycles. The molecule has 16 heavy (non-hydrogen) atoms. The van der Waals surface area contributed by atoms with Crippen molar-refractivity contribution in [3.63, 3.8) is 0 Å². The van der Waals surface area contributed by atoms with Gasteiger partial charge in [-0.2, -0.15) is 0 Å². The molecule has 0 radical (unpaired) electrons. The first-order valence-electron chi connectivity index (χ1n) is 4.66. The van der Waals surface area contributed by atoms with Crippen LogP contribution in [0.15, 0.2) is 41.1 Å². The van der Waals surface area contributed by atoms with Gasteiger partial charge in [0.2, 0.25) is 5.95 Å². The van der Waals surface area contributed by atoms with Gasteiger partial charge in [0.05, 0.1) is 11.6 Å². The molecule has 1 N–H and O–H groups in total. The van der Waals surface area contributed by atoms with Crippen molar-refractivity contribution in [1.82, 2.24) is 9.97 Å². The fourth-order valence-electron chi connectivity index (χ4n) is 1.18. The molecular formula is C11H10BrN3O. The van der Waals surface area contributed by atoms with Gasteiger partial charge in [-0.1, -0.05) is 0 Å². The zero-order valence-electron chi connectivity index (χ0n) is 8.64. The highest BCUT2D eigenvalue weighted by Crippen LogP contribution is 2.17. The minimum absolute atomic E-state index is 0.563. The predicted molar refractivity (Wildman–Crippen MR) is 66.0 cm³/mol. The summed E-state index contributed by atoms with van der Waals surface area (Å²) in [7, 11) is 1.64. The number of rotatable bonds is 3. The van der Waals surface area contributed by atoms with Gasteiger partial charge in [-0.25, -0.2) is 9.97 Å². The summed E-state index contributed by atoms with van der Waals surface area (Å²) < 4.78 is 5.92. The van der Waals surface area contributed by atoms with Gasteiger partial charge >= 0.3 is 0 Å². The van der Waals surface area contributed by atoms with Crippen LogP contribution in [0.1, 0.15) is 0 Å². The monoisotopic (exact) mass is 279 g/mol. The van der Waals surface area contributed by atoms with Crippen LogP contribution >= 0.6 is 15.9 Å². The van der Waals surface area contributed by atoms with Crippen LogP contribution in [0.25, 0.3) is 0 Å². The molecule has 0 fully saturated rings. The number of benzene rings is 1. The van der Waals surface area contributed by atoms with Crippen LogP contribution in [0.2, 0.25) is 0 Å². The van der Waals surface area contributed by atoms with E-state index in [2.05, 4.69) is 31.2 Å². The Balaban J connectivity index is 2.11. The Labute approximate surface area is 102 Å². The highest BCUT2D eigenvalue weighted by Gasteiger charge is 1.97. The van der Waals surface area contributed by atoms with Crippen molar-refractivity contribution in [2.75, 3.05) is 12.4 Å². The van der Waals surface area contributed by atoms with Gasteiger partial charge in [-0.3, -0.25) is 0 Å². The largest absolute Gasteiger partial charge is 0.497 e. The molecule has 2 aromatic rings. The van der Waals surface area contributed by atoms with Crippen molar-refractivity contribution in [2.24, 2.45) is 0 Å². The van der Waals surface area contributed by atoms with E-state index in [4.69, 9.17) is 4.74 Å². The Morgan fingerprint density at radius 1 is 1.12 bits per heavy atom. The third-order valence-electron chi connectivity index (χ3n) is 1.97. The van der Waals surface area contributed by atoms with Crippen LogP contribution in [0.3, 0.4) is 0 Å². The van der Waals surface area contributed by atoms with E-state index in [1.165, 1.54) is 0 Å². The van der Waals surface area contributed by atoms with Crippen molar-refractivity contribution in [2.45, 2.75) is 0 Å². The molecule has 1 heterocycles. The lowest BCUT2D eigenvalue weighted by atomic mass is 10.3. The average Bonchev–Trinajstić information content (AvgIpc) is 2.33. The van der Waals surface area contributed by atoms with E-state index in [0.717, 1.165) is 15.9 Å². The molecule has 82 valence electrons. The summed E-state index contributed by atoms with van der Waals surface area (Å²) in [5.74, 6) is 1.38. The summed E-state index contributed by atoms with van der Waals surface area (Å²) in [5.41, 5.74) is 0.920. The van der Waals surface area contributed by atoms with E-state index in [1.807, 2.05) is 24.3 Å². The normalized spacial score (nSPS) is 9.88. The molecule has 0 saturated carbocycles. The topological polar surface area (TPSA) is 47.0 Å². The van der Waals surface area contributed by atoms with Gasteiger partial charge in [0.25, 0.3) is 0 Å². The van der Waals surface area contributed by atoms with Crippen molar-refractivity contribution in [3.8, 4) is 5.75 Å². The summed E-state index contributed by atoms with van der Waals surface area (Å²) in [4.78, 5) is 8.23. The van der Waals surface area contributed by atoms with Crippen LogP contribution in [0.4, 0.5) is 11.6 Å². The molecule has 0 spiro atoms. The number of nitrogens with one attached hydrogen (secondary N) is 1. The molecule has 2 rings (SSSR count). The van der Waals surface area contributed by atoms with E-state index >= 15 is 0 Å². The lowest BCUT2D eigenvalue weighted by Gasteiger charge is -2.05. The van der Waals surface area contributed by atoms with Crippen LogP contribution in [-0.2, 0) is 0 Å². The Morgan fingerprint density at radius 2 is 1.75 bits per heavy atom. The van der Waals surface area contributed by atoms with Crippen LogP contribution in [0, 0.1) is 0 Å². The van der Waals surface area contributed by atoms with E-state index < -0.39 is 0 Å². The SMILES string of the molecule is COc1ccc(Nc2ncc(Br)cn2)cc1. The molecular weight excluding hydrogens is 270 g/mol. The van der Waals surface area contributed by atoms with Crippen molar-refractivity contribution < 1.29 is 4.74 Å². The second kappa shape index (κ2) is 4.94. The van der Waals surface area contributed by atoms with E-state index in [1.54, 1.807) is 19.5 Å². The number of aromatic nitrogens is 2. The second-order valence-corrected chi connectivity index (χ2v) is 3.99. The van der Waals surface area contributed by atoms with Gasteiger partial charge in [-0.05, 0) is 40.2 Å². The molecule has 4 nitrogen and oxygen atoms in total. The zero-order chi connectivity index (χ0) is 11.4. The fourth-order valence-corrected chi connectivity index (χ4v) is 1.39. The van der Waals surface area contributed by atoms with Gasteiger partial charge in [-0.15, -0.1) is 0 Å². The highest BCUT2D eigenvalue weighted by molar-refractivity contribution is 9.10. The first-order chi connectivity index (χ1) is 7.78. The zero-order valence-corrected chi connectivity index (χ0v) is 10.2. The maximum atomic E-state index is 5.07. The number of anilines is 2. The Hall–Kier alpha value is -1.62. The first kappa shape index (κ1) is 10.9. The number of hydrogen-bond donors (Lipinski definition) is 1. The number of methoxy groups -OCH3 is 1. The van der Waals surface area contributed by atoms with E-state index in [-0.39, 0.29) is 0 Å². The minimum Gasteiger partial charge on any atom is -0.497 e. The Kier molecular flexibility index (Phi) is 3.36. The maximum Gasteiger partial charge on any atom is 0.227 e. The molecule has 0 atom stereocenters. The third kappa shape index (κ3) is 2.70. The molecule has 5 heteroatoms. The smallest absolute Gasteiger partial charge is 0.227 e. The fraction of sp³-hybridized carbons (Fsp3) is 0.0909. The third-order valence-corrected chi connectivity index (χ3v) is 2.38. The molecule has 0 amide bonds. The highest BCUT2D eigenvalue weighted by atomic mass is 79.9. The van der Waals surface area contributed by atoms with Crippen LogP contribution < -0.4 is 10.1 Å². The summed E-state index contributed by atoms with van der Waals surface area (Å²) in [6, 6.07) is 7.57. The summed E-state index contributed by atoms with van der Waals surface area (Å²) >= 11 is 3.28. The molecule has 0 aliphatic carbocycles. The predicted octanol–water partition coefficient (Wildman–Crippen LogP) is 2.99. The summed E-state index contributed by atoms with van der Waals surface area (Å²) in [6.07, 6.45) is 3.39. The lowest BCUT2D eigenvalue weighted by molar-refractivity contribution is 0.415. The van der Waals surface area contributed by atoms with Crippen LogP contribution in [-0.4, -0.2) is 17.1 Å². The molecule has 0 bridgehead atoms. The van der Waals surface area contributed by atoms with Crippen molar-refractivity contribution in [3.05, 3.63) is 41.1 Å². The average molecular weight is 280 g/mol. The van der Waals surface area contributed by atoms with Crippen LogP contribution in [0.5, 0.6) is 5.75 Å². The van der Waals surface area contributed by atoms with E-state index in [9.17, 15) is 0 Å². The Bertz CT molecular complexity index is 456. The first-order valence-corrected chi connectivity index (χ1v) is 5.46. The second-order valence-electron chi connectivity index (χ2n) is 3.08. The molecule has 1 aromatic heterocycles.